The molecule has 1 aromatic carbocycles. The zero-order chi connectivity index (χ0) is 12.5. The second-order valence-corrected chi connectivity index (χ2v) is 3.70. The van der Waals surface area contributed by atoms with Crippen molar-refractivity contribution in [1.82, 2.24) is 0 Å². The van der Waals surface area contributed by atoms with Gasteiger partial charge in [-0.2, -0.15) is 13.2 Å². The van der Waals surface area contributed by atoms with E-state index in [4.69, 9.17) is 9.84 Å². The van der Waals surface area contributed by atoms with Gasteiger partial charge < -0.3 is 9.84 Å². The van der Waals surface area contributed by atoms with E-state index >= 15 is 0 Å². The number of ether oxygens (including phenoxy) is 1. The fraction of sp³-hybridized carbons (Fsp3) is 0.222. The van der Waals surface area contributed by atoms with Crippen molar-refractivity contribution >= 4 is 21.9 Å². The average Bonchev–Trinajstić information content (AvgIpc) is 2.14. The molecule has 0 aromatic heterocycles. The molecule has 3 nitrogen and oxygen atoms in total. The van der Waals surface area contributed by atoms with Crippen LogP contribution in [0.4, 0.5) is 13.2 Å². The Bertz CT molecular complexity index is 429. The first kappa shape index (κ1) is 12.8. The molecule has 0 amide bonds. The van der Waals surface area contributed by atoms with Gasteiger partial charge in [-0.15, -0.1) is 0 Å². The lowest BCUT2D eigenvalue weighted by Gasteiger charge is -2.12. The van der Waals surface area contributed by atoms with Crippen LogP contribution < -0.4 is 4.74 Å². The molecule has 0 saturated heterocycles. The van der Waals surface area contributed by atoms with Crippen LogP contribution >= 0.6 is 15.9 Å². The molecule has 88 valence electrons. The van der Waals surface area contributed by atoms with Crippen LogP contribution in [0.25, 0.3) is 0 Å². The molecule has 7 heteroatoms. The molecule has 0 unspecified atom stereocenters. The van der Waals surface area contributed by atoms with Crippen molar-refractivity contribution in [2.75, 3.05) is 7.11 Å². The fourth-order valence-corrected chi connectivity index (χ4v) is 1.75. The van der Waals surface area contributed by atoms with Gasteiger partial charge in [0.05, 0.1) is 17.1 Å². The number of halogens is 4. The minimum absolute atomic E-state index is 0.0535. The lowest BCUT2D eigenvalue weighted by molar-refractivity contribution is -0.137. The molecule has 0 heterocycles. The van der Waals surface area contributed by atoms with E-state index in [1.54, 1.807) is 0 Å². The van der Waals surface area contributed by atoms with Crippen molar-refractivity contribution < 1.29 is 27.8 Å². The van der Waals surface area contributed by atoms with E-state index in [0.29, 0.717) is 6.07 Å². The Labute approximate surface area is 97.0 Å². The molecule has 1 N–H and O–H groups in total. The molecule has 0 atom stereocenters. The first-order chi connectivity index (χ1) is 7.27. The van der Waals surface area contributed by atoms with Crippen molar-refractivity contribution in [3.63, 3.8) is 0 Å². The summed E-state index contributed by atoms with van der Waals surface area (Å²) in [6.45, 7) is 0. The predicted molar refractivity (Wildman–Crippen MR) is 52.7 cm³/mol. The summed E-state index contributed by atoms with van der Waals surface area (Å²) in [5.41, 5.74) is -1.58. The molecular formula is C9H6BrF3O3. The van der Waals surface area contributed by atoms with Gasteiger partial charge in [0.2, 0.25) is 0 Å². The molecule has 0 saturated carbocycles. The number of methoxy groups -OCH3 is 1. The molecule has 16 heavy (non-hydrogen) atoms. The van der Waals surface area contributed by atoms with Gasteiger partial charge in [0.25, 0.3) is 0 Å². The van der Waals surface area contributed by atoms with E-state index in [-0.39, 0.29) is 10.2 Å². The summed E-state index contributed by atoms with van der Waals surface area (Å²) in [6, 6.07) is 1.30. The normalized spacial score (nSPS) is 11.3. The largest absolute Gasteiger partial charge is 0.495 e. The maximum atomic E-state index is 12.4. The lowest BCUT2D eigenvalue weighted by Crippen LogP contribution is -2.09. The zero-order valence-corrected chi connectivity index (χ0v) is 9.52. The third-order valence-corrected chi connectivity index (χ3v) is 2.39. The topological polar surface area (TPSA) is 46.5 Å². The van der Waals surface area contributed by atoms with Gasteiger partial charge in [-0.25, -0.2) is 4.79 Å². The number of aromatic carboxylic acids is 1. The molecule has 0 fully saturated rings. The first-order valence-corrected chi connectivity index (χ1v) is 4.74. The van der Waals surface area contributed by atoms with Crippen molar-refractivity contribution in [3.8, 4) is 5.75 Å². The van der Waals surface area contributed by atoms with Gasteiger partial charge in [-0.05, 0) is 28.1 Å². The Kier molecular flexibility index (Phi) is 3.47. The quantitative estimate of drug-likeness (QED) is 0.912. The highest BCUT2D eigenvalue weighted by molar-refractivity contribution is 9.10. The van der Waals surface area contributed by atoms with Crippen LogP contribution in [0, 0.1) is 0 Å². The van der Waals surface area contributed by atoms with Gasteiger partial charge in [-0.1, -0.05) is 0 Å². The number of hydrogen-bond donors (Lipinski definition) is 1. The van der Waals surface area contributed by atoms with Crippen LogP contribution in [0.15, 0.2) is 16.6 Å². The Balaban J connectivity index is 3.46. The van der Waals surface area contributed by atoms with E-state index in [0.717, 1.165) is 6.07 Å². The zero-order valence-electron chi connectivity index (χ0n) is 7.93. The molecule has 0 spiro atoms. The number of benzene rings is 1. The van der Waals surface area contributed by atoms with E-state index in [1.807, 2.05) is 0 Å². The lowest BCUT2D eigenvalue weighted by atomic mass is 10.1. The van der Waals surface area contributed by atoms with E-state index in [2.05, 4.69) is 15.9 Å². The fourth-order valence-electron chi connectivity index (χ4n) is 1.12. The third-order valence-electron chi connectivity index (χ3n) is 1.81. The van der Waals surface area contributed by atoms with Gasteiger partial charge in [0.15, 0.2) is 0 Å². The van der Waals surface area contributed by atoms with E-state index in [9.17, 15) is 18.0 Å². The van der Waals surface area contributed by atoms with Crippen molar-refractivity contribution in [2.45, 2.75) is 6.18 Å². The molecule has 0 radical (unpaired) electrons. The number of carboxylic acids is 1. The van der Waals surface area contributed by atoms with Gasteiger partial charge in [-0.3, -0.25) is 0 Å². The van der Waals surface area contributed by atoms with Crippen molar-refractivity contribution in [3.05, 3.63) is 27.7 Å². The molecule has 0 aliphatic rings. The summed E-state index contributed by atoms with van der Waals surface area (Å²) >= 11 is 2.83. The SMILES string of the molecule is COc1c(Br)cc(C(F)(F)F)cc1C(=O)O. The average molecular weight is 299 g/mol. The number of rotatable bonds is 2. The molecule has 0 aliphatic heterocycles. The molecule has 1 rings (SSSR count). The molecular weight excluding hydrogens is 293 g/mol. The maximum absolute atomic E-state index is 12.4. The third kappa shape index (κ3) is 2.46. The minimum Gasteiger partial charge on any atom is -0.495 e. The number of alkyl halides is 3. The maximum Gasteiger partial charge on any atom is 0.416 e. The summed E-state index contributed by atoms with van der Waals surface area (Å²) in [4.78, 5) is 10.7. The summed E-state index contributed by atoms with van der Waals surface area (Å²) in [5, 5.41) is 8.74. The van der Waals surface area contributed by atoms with Crippen molar-refractivity contribution in [2.24, 2.45) is 0 Å². The summed E-state index contributed by atoms with van der Waals surface area (Å²) < 4.78 is 41.8. The second kappa shape index (κ2) is 4.32. The highest BCUT2D eigenvalue weighted by Crippen LogP contribution is 2.37. The first-order valence-electron chi connectivity index (χ1n) is 3.95. The van der Waals surface area contributed by atoms with Crippen LogP contribution in [0.5, 0.6) is 5.75 Å². The molecule has 0 aliphatic carbocycles. The van der Waals surface area contributed by atoms with Crippen molar-refractivity contribution in [1.29, 1.82) is 0 Å². The number of hydrogen-bond acceptors (Lipinski definition) is 2. The van der Waals surface area contributed by atoms with Crippen LogP contribution in [0.2, 0.25) is 0 Å². The molecule has 0 bridgehead atoms. The van der Waals surface area contributed by atoms with Crippen LogP contribution in [-0.2, 0) is 6.18 Å². The van der Waals surface area contributed by atoms with Gasteiger partial charge in [0, 0.05) is 0 Å². The number of carboxylic acid groups (broad SMARTS) is 1. The van der Waals surface area contributed by atoms with Crippen LogP contribution in [0.3, 0.4) is 0 Å². The van der Waals surface area contributed by atoms with E-state index in [1.165, 1.54) is 7.11 Å². The van der Waals surface area contributed by atoms with Crippen LogP contribution in [0.1, 0.15) is 15.9 Å². The number of carbonyl (C=O) groups is 1. The Morgan fingerprint density at radius 3 is 2.38 bits per heavy atom. The summed E-state index contributed by atoms with van der Waals surface area (Å²) in [5.74, 6) is -1.62. The summed E-state index contributed by atoms with van der Waals surface area (Å²) in [6.07, 6.45) is -4.60. The summed E-state index contributed by atoms with van der Waals surface area (Å²) in [7, 11) is 1.18. The second-order valence-electron chi connectivity index (χ2n) is 2.84. The highest BCUT2D eigenvalue weighted by Gasteiger charge is 2.33. The Morgan fingerprint density at radius 1 is 1.44 bits per heavy atom. The monoisotopic (exact) mass is 298 g/mol. The van der Waals surface area contributed by atoms with Crippen LogP contribution in [-0.4, -0.2) is 18.2 Å². The molecule has 1 aromatic rings. The standard InChI is InChI=1S/C9H6BrF3O3/c1-16-7-5(8(14)15)2-4(3-6(7)10)9(11,12)13/h2-3H,1H3,(H,14,15). The minimum atomic E-state index is -4.60. The smallest absolute Gasteiger partial charge is 0.416 e. The van der Waals surface area contributed by atoms with E-state index < -0.39 is 23.3 Å². The Morgan fingerprint density at radius 2 is 2.00 bits per heavy atom. The Hall–Kier alpha value is -1.24. The van der Waals surface area contributed by atoms with Gasteiger partial charge in [0.1, 0.15) is 11.3 Å². The van der Waals surface area contributed by atoms with Gasteiger partial charge >= 0.3 is 12.1 Å². The predicted octanol–water partition coefficient (Wildman–Crippen LogP) is 3.17. The highest BCUT2D eigenvalue weighted by atomic mass is 79.9.